The second kappa shape index (κ2) is 6.07. The number of aromatic amines is 1. The number of hydrogen-bond donors (Lipinski definition) is 2. The van der Waals surface area contributed by atoms with E-state index in [0.717, 1.165) is 10.9 Å². The highest BCUT2D eigenvalue weighted by Crippen LogP contribution is 2.23. The van der Waals surface area contributed by atoms with Crippen LogP contribution in [-0.4, -0.2) is 26.4 Å². The first-order valence-corrected chi connectivity index (χ1v) is 7.82. The minimum absolute atomic E-state index is 0.272. The van der Waals surface area contributed by atoms with E-state index in [0.29, 0.717) is 26.8 Å². The van der Waals surface area contributed by atoms with Gasteiger partial charge in [-0.3, -0.25) is 0 Å². The molecule has 0 radical (unpaired) electrons. The molecule has 0 spiro atoms. The molecule has 6 nitrogen and oxygen atoms in total. The molecule has 2 heterocycles. The number of halogens is 2. The molecule has 0 saturated heterocycles. The number of benzene rings is 2. The molecule has 0 bridgehead atoms. The van der Waals surface area contributed by atoms with Crippen LogP contribution in [0.3, 0.4) is 0 Å². The summed E-state index contributed by atoms with van der Waals surface area (Å²) < 4.78 is 0. The number of aromatic nitrogens is 4. The van der Waals surface area contributed by atoms with Gasteiger partial charge in [0.25, 0.3) is 5.95 Å². The van der Waals surface area contributed by atoms with Crippen molar-refractivity contribution in [1.29, 1.82) is 0 Å². The van der Waals surface area contributed by atoms with Crippen molar-refractivity contribution >= 4 is 57.4 Å². The van der Waals surface area contributed by atoms with Gasteiger partial charge in [-0.15, -0.1) is 10.2 Å². The molecule has 0 aliphatic rings. The van der Waals surface area contributed by atoms with Crippen molar-refractivity contribution in [1.82, 2.24) is 20.2 Å². The lowest BCUT2D eigenvalue weighted by Gasteiger charge is -2.01. The smallest absolute Gasteiger partial charge is 0.265 e. The Hall–Kier alpha value is -2.70. The van der Waals surface area contributed by atoms with Gasteiger partial charge in [0.2, 0.25) is 0 Å². The molecule has 0 saturated carbocycles. The molecule has 0 amide bonds. The van der Waals surface area contributed by atoms with Crippen LogP contribution in [0, 0.1) is 0 Å². The summed E-state index contributed by atoms with van der Waals surface area (Å²) in [5, 5.41) is 14.3. The third-order valence-corrected chi connectivity index (χ3v) is 4.14. The molecule has 24 heavy (non-hydrogen) atoms. The van der Waals surface area contributed by atoms with Gasteiger partial charge in [-0.1, -0.05) is 47.5 Å². The van der Waals surface area contributed by atoms with Crippen molar-refractivity contribution in [3.05, 3.63) is 58.1 Å². The Kier molecular flexibility index (Phi) is 3.76. The number of fused-ring (bicyclic) bond motifs is 3. The zero-order valence-corrected chi connectivity index (χ0v) is 13.7. The van der Waals surface area contributed by atoms with Crippen LogP contribution in [0.15, 0.2) is 47.6 Å². The largest absolute Gasteiger partial charge is 0.338 e. The van der Waals surface area contributed by atoms with Crippen LogP contribution in [0.25, 0.3) is 22.1 Å². The Bertz CT molecular complexity index is 1050. The van der Waals surface area contributed by atoms with Gasteiger partial charge >= 0.3 is 0 Å². The van der Waals surface area contributed by atoms with Crippen LogP contribution < -0.4 is 5.43 Å². The van der Waals surface area contributed by atoms with Crippen molar-refractivity contribution in [3.63, 3.8) is 0 Å². The fourth-order valence-electron chi connectivity index (χ4n) is 2.36. The Labute approximate surface area is 146 Å². The van der Waals surface area contributed by atoms with E-state index in [2.05, 4.69) is 30.7 Å². The van der Waals surface area contributed by atoms with Crippen LogP contribution in [-0.2, 0) is 0 Å². The summed E-state index contributed by atoms with van der Waals surface area (Å²) in [5.74, 6) is 0.272. The fourth-order valence-corrected chi connectivity index (χ4v) is 2.85. The Balaban J connectivity index is 1.63. The van der Waals surface area contributed by atoms with E-state index in [9.17, 15) is 0 Å². The third-order valence-electron chi connectivity index (χ3n) is 3.48. The first-order chi connectivity index (χ1) is 11.7. The summed E-state index contributed by atoms with van der Waals surface area (Å²) in [6.07, 6.45) is 1.52. The van der Waals surface area contributed by atoms with Gasteiger partial charge in [-0.25, -0.2) is 5.43 Å². The molecule has 0 fully saturated rings. The summed E-state index contributed by atoms with van der Waals surface area (Å²) in [7, 11) is 0. The maximum absolute atomic E-state index is 6.08. The van der Waals surface area contributed by atoms with Gasteiger partial charge in [0.05, 0.1) is 16.3 Å². The van der Waals surface area contributed by atoms with E-state index >= 15 is 0 Å². The molecular formula is C16H10Cl2N6. The molecule has 118 valence electrons. The first-order valence-electron chi connectivity index (χ1n) is 7.06. The van der Waals surface area contributed by atoms with Crippen molar-refractivity contribution < 1.29 is 0 Å². The topological polar surface area (TPSA) is 78.8 Å². The molecule has 2 aromatic carbocycles. The summed E-state index contributed by atoms with van der Waals surface area (Å²) >= 11 is 12.2. The van der Waals surface area contributed by atoms with Crippen LogP contribution in [0.4, 0.5) is 5.95 Å². The summed E-state index contributed by atoms with van der Waals surface area (Å²) in [6.45, 7) is 0. The minimum Gasteiger partial charge on any atom is -0.338 e. The van der Waals surface area contributed by atoms with Gasteiger partial charge in [-0.05, 0) is 18.2 Å². The van der Waals surface area contributed by atoms with Gasteiger partial charge in [0.1, 0.15) is 5.52 Å². The molecule has 2 N–H and O–H groups in total. The second-order valence-electron chi connectivity index (χ2n) is 5.01. The normalized spacial score (nSPS) is 11.6. The quantitative estimate of drug-likeness (QED) is 0.424. The lowest BCUT2D eigenvalue weighted by Crippen LogP contribution is -1.99. The third kappa shape index (κ3) is 2.66. The maximum Gasteiger partial charge on any atom is 0.265 e. The molecule has 0 aliphatic heterocycles. The van der Waals surface area contributed by atoms with Crippen LogP contribution in [0.2, 0.25) is 10.0 Å². The molecule has 4 rings (SSSR count). The van der Waals surface area contributed by atoms with Gasteiger partial charge in [0, 0.05) is 16.5 Å². The number of H-pyrrole nitrogens is 1. The molecule has 0 atom stereocenters. The van der Waals surface area contributed by atoms with Crippen molar-refractivity contribution in [3.8, 4) is 0 Å². The number of rotatable bonds is 3. The number of anilines is 1. The van der Waals surface area contributed by atoms with Crippen LogP contribution in [0.5, 0.6) is 0 Å². The Morgan fingerprint density at radius 2 is 1.79 bits per heavy atom. The predicted octanol–water partition coefficient (Wildman–Crippen LogP) is 4.26. The van der Waals surface area contributed by atoms with Crippen molar-refractivity contribution in [2.45, 2.75) is 0 Å². The lowest BCUT2D eigenvalue weighted by atomic mass is 10.2. The average molecular weight is 357 g/mol. The summed E-state index contributed by atoms with van der Waals surface area (Å²) in [4.78, 5) is 7.57. The van der Waals surface area contributed by atoms with E-state index < -0.39 is 0 Å². The SMILES string of the molecule is Clc1cccc(Cl)c1/C=N/Nc1nnc2c(n1)[nH]c1ccccc12. The van der Waals surface area contributed by atoms with E-state index in [-0.39, 0.29) is 5.95 Å². The Morgan fingerprint density at radius 3 is 2.62 bits per heavy atom. The standard InChI is InChI=1S/C16H10Cl2N6/c17-11-5-3-6-12(18)10(11)8-19-23-16-21-15-14(22-24-16)9-4-1-2-7-13(9)20-15/h1-8H,(H2,20,21,23,24)/b19-8+. The number of para-hydroxylation sites is 1. The molecule has 0 aliphatic carbocycles. The summed E-state index contributed by atoms with van der Waals surface area (Å²) in [5.41, 5.74) is 5.66. The highest BCUT2D eigenvalue weighted by Gasteiger charge is 2.08. The maximum atomic E-state index is 6.08. The highest BCUT2D eigenvalue weighted by molar-refractivity contribution is 6.38. The molecular weight excluding hydrogens is 347 g/mol. The first kappa shape index (κ1) is 14.9. The van der Waals surface area contributed by atoms with Gasteiger partial charge in [0.15, 0.2) is 5.65 Å². The Morgan fingerprint density at radius 1 is 1.00 bits per heavy atom. The van der Waals surface area contributed by atoms with E-state index in [1.54, 1.807) is 18.2 Å². The number of hydrazone groups is 1. The van der Waals surface area contributed by atoms with Crippen molar-refractivity contribution in [2.75, 3.05) is 5.43 Å². The van der Waals surface area contributed by atoms with E-state index in [1.807, 2.05) is 24.3 Å². The number of nitrogens with one attached hydrogen (secondary N) is 2. The highest BCUT2D eigenvalue weighted by atomic mass is 35.5. The fraction of sp³-hybridized carbons (Fsp3) is 0. The molecule has 0 unspecified atom stereocenters. The summed E-state index contributed by atoms with van der Waals surface area (Å²) in [6, 6.07) is 13.1. The lowest BCUT2D eigenvalue weighted by molar-refractivity contribution is 1.01. The van der Waals surface area contributed by atoms with Crippen molar-refractivity contribution in [2.24, 2.45) is 5.10 Å². The number of hydrogen-bond acceptors (Lipinski definition) is 5. The monoisotopic (exact) mass is 356 g/mol. The zero-order chi connectivity index (χ0) is 16.5. The molecule has 2 aromatic heterocycles. The minimum atomic E-state index is 0.272. The van der Waals surface area contributed by atoms with Gasteiger partial charge < -0.3 is 4.98 Å². The predicted molar refractivity (Wildman–Crippen MR) is 96.9 cm³/mol. The number of nitrogens with zero attached hydrogens (tertiary/aromatic N) is 4. The van der Waals surface area contributed by atoms with Crippen LogP contribution in [0.1, 0.15) is 5.56 Å². The molecule has 4 aromatic rings. The zero-order valence-electron chi connectivity index (χ0n) is 12.2. The van der Waals surface area contributed by atoms with Gasteiger partial charge in [-0.2, -0.15) is 10.1 Å². The van der Waals surface area contributed by atoms with E-state index in [4.69, 9.17) is 23.2 Å². The second-order valence-corrected chi connectivity index (χ2v) is 5.82. The van der Waals surface area contributed by atoms with E-state index in [1.165, 1.54) is 6.21 Å². The van der Waals surface area contributed by atoms with Crippen LogP contribution >= 0.6 is 23.2 Å². The average Bonchev–Trinajstić information content (AvgIpc) is 2.95. The molecule has 8 heteroatoms.